The van der Waals surface area contributed by atoms with Crippen LogP contribution in [0.15, 0.2) is 18.9 Å². The number of aromatic nitrogens is 5. The summed E-state index contributed by atoms with van der Waals surface area (Å²) in [5.74, 6) is 0.196. The quantitative estimate of drug-likeness (QED) is 0.758. The van der Waals surface area contributed by atoms with Crippen molar-refractivity contribution in [2.45, 2.75) is 26.4 Å². The Morgan fingerprint density at radius 3 is 3.00 bits per heavy atom. The van der Waals surface area contributed by atoms with Crippen LogP contribution in [-0.4, -0.2) is 24.3 Å². The highest BCUT2D eigenvalue weighted by Gasteiger charge is 2.04. The van der Waals surface area contributed by atoms with Gasteiger partial charge >= 0.3 is 0 Å². The maximum absolute atomic E-state index is 8.61. The van der Waals surface area contributed by atoms with Gasteiger partial charge < -0.3 is 4.57 Å². The van der Waals surface area contributed by atoms with Crippen molar-refractivity contribution in [3.05, 3.63) is 30.4 Å². The Bertz CT molecular complexity index is 503. The van der Waals surface area contributed by atoms with Gasteiger partial charge in [0.15, 0.2) is 0 Å². The molecule has 0 amide bonds. The molecule has 0 bridgehead atoms. The molecule has 0 atom stereocenters. The van der Waals surface area contributed by atoms with Gasteiger partial charge in [0, 0.05) is 6.54 Å². The summed E-state index contributed by atoms with van der Waals surface area (Å²) in [5.41, 5.74) is 1.07. The minimum Gasteiger partial charge on any atom is -0.333 e. The van der Waals surface area contributed by atoms with Crippen molar-refractivity contribution in [2.75, 3.05) is 0 Å². The molecule has 0 unspecified atom stereocenters. The fraction of sp³-hybridized carbons (Fsp3) is 0.400. The van der Waals surface area contributed by atoms with Crippen molar-refractivity contribution in [1.29, 1.82) is 5.26 Å². The van der Waals surface area contributed by atoms with Crippen LogP contribution in [0.5, 0.6) is 0 Å². The van der Waals surface area contributed by atoms with Crippen LogP contribution in [0.1, 0.15) is 24.9 Å². The molecule has 2 aromatic heterocycles. The minimum absolute atomic E-state index is 0.196. The minimum atomic E-state index is 0.196. The molecule has 0 N–H and O–H groups in total. The highest BCUT2D eigenvalue weighted by atomic mass is 15.3. The van der Waals surface area contributed by atoms with E-state index in [2.05, 4.69) is 26.6 Å². The SMILES string of the molecule is CCCn1cncc1Cn1cnc(C#N)n1. The number of hydrogen-bond donors (Lipinski definition) is 0. The Morgan fingerprint density at radius 1 is 1.44 bits per heavy atom. The van der Waals surface area contributed by atoms with E-state index in [0.29, 0.717) is 6.54 Å². The fourth-order valence-electron chi connectivity index (χ4n) is 1.51. The van der Waals surface area contributed by atoms with E-state index in [4.69, 9.17) is 5.26 Å². The maximum atomic E-state index is 8.61. The summed E-state index contributed by atoms with van der Waals surface area (Å²) in [6.45, 7) is 3.65. The molecular weight excluding hydrogens is 204 g/mol. The molecule has 0 fully saturated rings. The molecule has 0 spiro atoms. The van der Waals surface area contributed by atoms with E-state index in [1.807, 2.05) is 12.3 Å². The number of rotatable bonds is 4. The van der Waals surface area contributed by atoms with E-state index < -0.39 is 0 Å². The number of nitrogens with zero attached hydrogens (tertiary/aromatic N) is 6. The van der Waals surface area contributed by atoms with Crippen molar-refractivity contribution in [2.24, 2.45) is 0 Å². The van der Waals surface area contributed by atoms with E-state index in [0.717, 1.165) is 18.7 Å². The van der Waals surface area contributed by atoms with Crippen LogP contribution >= 0.6 is 0 Å². The van der Waals surface area contributed by atoms with E-state index in [1.54, 1.807) is 17.3 Å². The maximum Gasteiger partial charge on any atom is 0.252 e. The van der Waals surface area contributed by atoms with Gasteiger partial charge in [0.1, 0.15) is 12.4 Å². The first-order valence-electron chi connectivity index (χ1n) is 5.12. The van der Waals surface area contributed by atoms with Gasteiger partial charge in [0.05, 0.1) is 24.8 Å². The Balaban J connectivity index is 2.14. The van der Waals surface area contributed by atoms with Gasteiger partial charge in [-0.25, -0.2) is 14.6 Å². The molecule has 82 valence electrons. The predicted octanol–water partition coefficient (Wildman–Crippen LogP) is 0.805. The summed E-state index contributed by atoms with van der Waals surface area (Å²) >= 11 is 0. The second-order valence-corrected chi connectivity index (χ2v) is 3.46. The monoisotopic (exact) mass is 216 g/mol. The number of nitriles is 1. The second-order valence-electron chi connectivity index (χ2n) is 3.46. The lowest BCUT2D eigenvalue weighted by molar-refractivity contribution is 0.595. The normalized spacial score (nSPS) is 10.2. The standard InChI is InChI=1S/C10H12N6/c1-2-3-15-7-12-5-9(15)6-16-8-13-10(4-11)14-16/h5,7-8H,2-3,6H2,1H3. The van der Waals surface area contributed by atoms with E-state index in [9.17, 15) is 0 Å². The Morgan fingerprint density at radius 2 is 2.31 bits per heavy atom. The largest absolute Gasteiger partial charge is 0.333 e. The number of imidazole rings is 1. The van der Waals surface area contributed by atoms with Crippen molar-refractivity contribution < 1.29 is 0 Å². The van der Waals surface area contributed by atoms with Gasteiger partial charge in [-0.05, 0) is 6.42 Å². The van der Waals surface area contributed by atoms with Gasteiger partial charge in [0.2, 0.25) is 0 Å². The molecule has 0 aliphatic carbocycles. The highest BCUT2D eigenvalue weighted by Crippen LogP contribution is 2.03. The third-order valence-electron chi connectivity index (χ3n) is 2.22. The van der Waals surface area contributed by atoms with Crippen molar-refractivity contribution >= 4 is 0 Å². The zero-order valence-electron chi connectivity index (χ0n) is 9.04. The summed E-state index contributed by atoms with van der Waals surface area (Å²) in [5, 5.41) is 12.6. The number of aryl methyl sites for hydroxylation is 1. The first-order valence-corrected chi connectivity index (χ1v) is 5.12. The summed E-state index contributed by atoms with van der Waals surface area (Å²) in [6.07, 6.45) is 6.23. The van der Waals surface area contributed by atoms with Crippen LogP contribution < -0.4 is 0 Å². The molecule has 6 nitrogen and oxygen atoms in total. The molecule has 2 heterocycles. The average molecular weight is 216 g/mol. The molecule has 0 radical (unpaired) electrons. The molecule has 6 heteroatoms. The second kappa shape index (κ2) is 4.57. The van der Waals surface area contributed by atoms with Crippen LogP contribution in [0.4, 0.5) is 0 Å². The van der Waals surface area contributed by atoms with Crippen LogP contribution in [0.2, 0.25) is 0 Å². The Kier molecular flexibility index (Phi) is 2.96. The van der Waals surface area contributed by atoms with Gasteiger partial charge in [0.25, 0.3) is 5.82 Å². The van der Waals surface area contributed by atoms with Crippen LogP contribution in [0.3, 0.4) is 0 Å². The van der Waals surface area contributed by atoms with Gasteiger partial charge in [-0.2, -0.15) is 5.26 Å². The van der Waals surface area contributed by atoms with Crippen LogP contribution in [0.25, 0.3) is 0 Å². The first-order chi connectivity index (χ1) is 7.83. The zero-order valence-corrected chi connectivity index (χ0v) is 9.04. The summed E-state index contributed by atoms with van der Waals surface area (Å²) in [6, 6.07) is 1.90. The van der Waals surface area contributed by atoms with Gasteiger partial charge in [-0.1, -0.05) is 6.92 Å². The lowest BCUT2D eigenvalue weighted by Crippen LogP contribution is -2.07. The molecule has 16 heavy (non-hydrogen) atoms. The first kappa shape index (κ1) is 10.4. The molecule has 2 aromatic rings. The van der Waals surface area contributed by atoms with Crippen molar-refractivity contribution in [3.63, 3.8) is 0 Å². The lowest BCUT2D eigenvalue weighted by Gasteiger charge is -2.05. The molecule has 0 saturated carbocycles. The van der Waals surface area contributed by atoms with Crippen LogP contribution in [0, 0.1) is 11.3 Å². The Hall–Kier alpha value is -2.16. The van der Waals surface area contributed by atoms with Crippen molar-refractivity contribution in [3.8, 4) is 6.07 Å². The molecule has 0 aliphatic rings. The van der Waals surface area contributed by atoms with E-state index in [1.165, 1.54) is 0 Å². The molecular formula is C10H12N6. The number of hydrogen-bond acceptors (Lipinski definition) is 4. The molecule has 0 aromatic carbocycles. The fourth-order valence-corrected chi connectivity index (χ4v) is 1.51. The lowest BCUT2D eigenvalue weighted by atomic mass is 10.4. The zero-order chi connectivity index (χ0) is 11.4. The smallest absolute Gasteiger partial charge is 0.252 e. The van der Waals surface area contributed by atoms with Crippen LogP contribution in [-0.2, 0) is 13.1 Å². The van der Waals surface area contributed by atoms with Gasteiger partial charge in [-0.15, -0.1) is 5.10 Å². The Labute approximate surface area is 93.2 Å². The topological polar surface area (TPSA) is 72.3 Å². The summed E-state index contributed by atoms with van der Waals surface area (Å²) in [4.78, 5) is 7.95. The third-order valence-corrected chi connectivity index (χ3v) is 2.22. The highest BCUT2D eigenvalue weighted by molar-refractivity contribution is 5.06. The average Bonchev–Trinajstić information content (AvgIpc) is 2.90. The molecule has 0 aliphatic heterocycles. The third kappa shape index (κ3) is 2.08. The predicted molar refractivity (Wildman–Crippen MR) is 56.4 cm³/mol. The molecule has 2 rings (SSSR count). The van der Waals surface area contributed by atoms with E-state index >= 15 is 0 Å². The van der Waals surface area contributed by atoms with E-state index in [-0.39, 0.29) is 5.82 Å². The summed E-state index contributed by atoms with van der Waals surface area (Å²) < 4.78 is 3.72. The summed E-state index contributed by atoms with van der Waals surface area (Å²) in [7, 11) is 0. The molecule has 0 saturated heterocycles. The van der Waals surface area contributed by atoms with Gasteiger partial charge in [-0.3, -0.25) is 0 Å². The van der Waals surface area contributed by atoms with Crippen molar-refractivity contribution in [1.82, 2.24) is 24.3 Å².